The van der Waals surface area contributed by atoms with Crippen molar-refractivity contribution >= 4 is 5.91 Å². The van der Waals surface area contributed by atoms with Crippen LogP contribution in [-0.4, -0.2) is 45.9 Å². The van der Waals surface area contributed by atoms with Gasteiger partial charge >= 0.3 is 6.18 Å². The minimum Gasteiger partial charge on any atom is -0.380 e. The number of likely N-dealkylation sites (tertiary alicyclic amines) is 1. The normalized spacial score (nSPS) is 17.8. The average molecular weight is 340 g/mol. The van der Waals surface area contributed by atoms with Crippen LogP contribution in [0.25, 0.3) is 11.3 Å². The maximum atomic E-state index is 12.8. The number of rotatable bonds is 2. The molecule has 1 N–H and O–H groups in total. The first kappa shape index (κ1) is 16.5. The van der Waals surface area contributed by atoms with Crippen molar-refractivity contribution in [1.29, 1.82) is 0 Å². The van der Waals surface area contributed by atoms with Crippen LogP contribution in [0.1, 0.15) is 23.4 Å². The molecule has 0 radical (unpaired) electrons. The van der Waals surface area contributed by atoms with Gasteiger partial charge in [-0.05, 0) is 0 Å². The summed E-state index contributed by atoms with van der Waals surface area (Å²) >= 11 is 0. The van der Waals surface area contributed by atoms with Gasteiger partial charge in [0.25, 0.3) is 5.91 Å². The number of amides is 1. The summed E-state index contributed by atoms with van der Waals surface area (Å²) in [6.45, 7) is -0.396. The van der Waals surface area contributed by atoms with E-state index in [2.05, 4.69) is 5.16 Å². The highest BCUT2D eigenvalue weighted by Crippen LogP contribution is 2.38. The van der Waals surface area contributed by atoms with E-state index in [1.165, 1.54) is 11.0 Å². The standard InChI is InChI=1S/C16H15F3N2O3/c17-16(18,19)15(23)6-8-21(9-7-15)14(22)13-10-12(20-24-13)11-4-2-1-3-5-11/h1-5,10,23H,6-9H2. The second-order valence-electron chi connectivity index (χ2n) is 5.76. The highest BCUT2D eigenvalue weighted by Gasteiger charge is 2.55. The van der Waals surface area contributed by atoms with Gasteiger partial charge in [0.05, 0.1) is 0 Å². The van der Waals surface area contributed by atoms with Crippen LogP contribution in [-0.2, 0) is 0 Å². The third kappa shape index (κ3) is 3.01. The number of aromatic nitrogens is 1. The van der Waals surface area contributed by atoms with Crippen LogP contribution >= 0.6 is 0 Å². The monoisotopic (exact) mass is 340 g/mol. The van der Waals surface area contributed by atoms with Gasteiger partial charge in [-0.2, -0.15) is 13.2 Å². The third-order valence-corrected chi connectivity index (χ3v) is 4.20. The van der Waals surface area contributed by atoms with E-state index in [1.54, 1.807) is 12.1 Å². The Bertz CT molecular complexity index is 720. The molecule has 3 rings (SSSR count). The Balaban J connectivity index is 1.70. The first-order valence-corrected chi connectivity index (χ1v) is 7.41. The molecule has 8 heteroatoms. The molecule has 0 bridgehead atoms. The predicted octanol–water partition coefficient (Wildman–Crippen LogP) is 2.87. The van der Waals surface area contributed by atoms with Gasteiger partial charge in [-0.15, -0.1) is 0 Å². The second kappa shape index (κ2) is 5.94. The lowest BCUT2D eigenvalue weighted by molar-refractivity contribution is -0.271. The number of hydrogen-bond donors (Lipinski definition) is 1. The molecule has 2 heterocycles. The first-order valence-electron chi connectivity index (χ1n) is 7.41. The van der Waals surface area contributed by atoms with E-state index in [4.69, 9.17) is 4.52 Å². The van der Waals surface area contributed by atoms with E-state index in [-0.39, 0.29) is 18.8 Å². The van der Waals surface area contributed by atoms with E-state index in [0.717, 1.165) is 5.56 Å². The van der Waals surface area contributed by atoms with Gasteiger partial charge in [0, 0.05) is 37.6 Å². The summed E-state index contributed by atoms with van der Waals surface area (Å²) in [5, 5.41) is 13.5. The van der Waals surface area contributed by atoms with Gasteiger partial charge in [0.1, 0.15) is 5.69 Å². The predicted molar refractivity (Wildman–Crippen MR) is 78.1 cm³/mol. The molecule has 0 saturated carbocycles. The molecule has 0 aliphatic carbocycles. The van der Waals surface area contributed by atoms with Crippen molar-refractivity contribution in [2.24, 2.45) is 0 Å². The zero-order valence-corrected chi connectivity index (χ0v) is 12.6. The number of aliphatic hydroxyl groups is 1. The molecule has 128 valence electrons. The number of halogens is 3. The Kier molecular flexibility index (Phi) is 4.08. The van der Waals surface area contributed by atoms with Gasteiger partial charge in [-0.1, -0.05) is 35.5 Å². The minimum atomic E-state index is -4.70. The van der Waals surface area contributed by atoms with Crippen LogP contribution < -0.4 is 0 Å². The zero-order chi connectivity index (χ0) is 17.4. The smallest absolute Gasteiger partial charge is 0.380 e. The minimum absolute atomic E-state index is 0.0358. The molecule has 0 unspecified atom stereocenters. The Morgan fingerprint density at radius 1 is 1.21 bits per heavy atom. The Morgan fingerprint density at radius 2 is 1.83 bits per heavy atom. The SMILES string of the molecule is O=C(c1cc(-c2ccccc2)no1)N1CCC(O)(C(F)(F)F)CC1. The second-order valence-corrected chi connectivity index (χ2v) is 5.76. The number of piperidine rings is 1. The maximum absolute atomic E-state index is 12.8. The van der Waals surface area contributed by atoms with E-state index in [0.29, 0.717) is 5.69 Å². The summed E-state index contributed by atoms with van der Waals surface area (Å²) < 4.78 is 43.4. The summed E-state index contributed by atoms with van der Waals surface area (Å²) in [6.07, 6.45) is -5.81. The van der Waals surface area contributed by atoms with Crippen LogP contribution in [0.15, 0.2) is 40.9 Å². The molecular formula is C16H15F3N2O3. The summed E-state index contributed by atoms with van der Waals surface area (Å²) in [4.78, 5) is 13.6. The van der Waals surface area contributed by atoms with Crippen LogP contribution in [0, 0.1) is 0 Å². The summed E-state index contributed by atoms with van der Waals surface area (Å²) in [5.74, 6) is -0.569. The molecule has 0 spiro atoms. The van der Waals surface area contributed by atoms with Crippen molar-refractivity contribution in [2.45, 2.75) is 24.6 Å². The quantitative estimate of drug-likeness (QED) is 0.913. The highest BCUT2D eigenvalue weighted by molar-refractivity contribution is 5.92. The fourth-order valence-corrected chi connectivity index (χ4v) is 2.64. The van der Waals surface area contributed by atoms with Crippen LogP contribution in [0.5, 0.6) is 0 Å². The first-order chi connectivity index (χ1) is 11.3. The van der Waals surface area contributed by atoms with Gasteiger partial charge < -0.3 is 14.5 Å². The van der Waals surface area contributed by atoms with Crippen molar-refractivity contribution in [1.82, 2.24) is 10.1 Å². The number of nitrogens with zero attached hydrogens (tertiary/aromatic N) is 2. The van der Waals surface area contributed by atoms with Gasteiger partial charge in [-0.3, -0.25) is 4.79 Å². The van der Waals surface area contributed by atoms with Crippen LogP contribution in [0.4, 0.5) is 13.2 Å². The lowest BCUT2D eigenvalue weighted by atomic mass is 9.90. The number of carbonyl (C=O) groups is 1. The molecule has 1 fully saturated rings. The molecule has 5 nitrogen and oxygen atoms in total. The molecule has 24 heavy (non-hydrogen) atoms. The van der Waals surface area contributed by atoms with Gasteiger partial charge in [-0.25, -0.2) is 0 Å². The average Bonchev–Trinajstić information content (AvgIpc) is 3.05. The summed E-state index contributed by atoms with van der Waals surface area (Å²) in [7, 11) is 0. The van der Waals surface area contributed by atoms with Crippen molar-refractivity contribution < 1.29 is 27.6 Å². The zero-order valence-electron chi connectivity index (χ0n) is 12.6. The largest absolute Gasteiger partial charge is 0.417 e. The number of hydrogen-bond acceptors (Lipinski definition) is 4. The van der Waals surface area contributed by atoms with E-state index in [1.807, 2.05) is 18.2 Å². The number of alkyl halides is 3. The fourth-order valence-electron chi connectivity index (χ4n) is 2.64. The van der Waals surface area contributed by atoms with Crippen molar-refractivity contribution in [3.8, 4) is 11.3 Å². The van der Waals surface area contributed by atoms with Gasteiger partial charge in [0.2, 0.25) is 5.76 Å². The Labute approximate surface area is 135 Å². The fraction of sp³-hybridized carbons (Fsp3) is 0.375. The van der Waals surface area contributed by atoms with Gasteiger partial charge in [0.15, 0.2) is 5.60 Å². The molecule has 1 aromatic carbocycles. The molecule has 1 aromatic heterocycles. The number of benzene rings is 1. The molecule has 1 amide bonds. The molecule has 0 atom stereocenters. The van der Waals surface area contributed by atoms with Crippen LogP contribution in [0.2, 0.25) is 0 Å². The maximum Gasteiger partial charge on any atom is 0.417 e. The van der Waals surface area contributed by atoms with E-state index >= 15 is 0 Å². The summed E-state index contributed by atoms with van der Waals surface area (Å²) in [6, 6.07) is 10.5. The van der Waals surface area contributed by atoms with Crippen molar-refractivity contribution in [3.63, 3.8) is 0 Å². The molecule has 1 aliphatic rings. The number of carbonyl (C=O) groups excluding carboxylic acids is 1. The highest BCUT2D eigenvalue weighted by atomic mass is 19.4. The lowest BCUT2D eigenvalue weighted by Gasteiger charge is -2.38. The molecule has 1 saturated heterocycles. The van der Waals surface area contributed by atoms with E-state index in [9.17, 15) is 23.1 Å². The van der Waals surface area contributed by atoms with Crippen molar-refractivity contribution in [2.75, 3.05) is 13.1 Å². The lowest BCUT2D eigenvalue weighted by Crippen LogP contribution is -2.54. The topological polar surface area (TPSA) is 66.6 Å². The molecular weight excluding hydrogens is 325 g/mol. The van der Waals surface area contributed by atoms with Crippen molar-refractivity contribution in [3.05, 3.63) is 42.2 Å². The Hall–Kier alpha value is -2.35. The van der Waals surface area contributed by atoms with Crippen LogP contribution in [0.3, 0.4) is 0 Å². The molecule has 1 aliphatic heterocycles. The third-order valence-electron chi connectivity index (χ3n) is 4.20. The molecule has 2 aromatic rings. The Morgan fingerprint density at radius 3 is 2.42 bits per heavy atom. The van der Waals surface area contributed by atoms with E-state index < -0.39 is 30.5 Å². The summed E-state index contributed by atoms with van der Waals surface area (Å²) in [5.41, 5.74) is -1.49.